The van der Waals surface area contributed by atoms with Gasteiger partial charge < -0.3 is 0 Å². The summed E-state index contributed by atoms with van der Waals surface area (Å²) < 4.78 is 0. The van der Waals surface area contributed by atoms with Gasteiger partial charge in [0.05, 0.1) is 0 Å². The Hall–Kier alpha value is 13.8. The molecule has 0 bridgehead atoms. The van der Waals surface area contributed by atoms with Crippen LogP contribution in [0.5, 0.6) is 0 Å². The van der Waals surface area contributed by atoms with E-state index in [1.54, 1.807) is 0 Å². The van der Waals surface area contributed by atoms with Gasteiger partial charge >= 0.3 is 0 Å². The molecule has 0 rings (SSSR count). The third kappa shape index (κ3) is 16.4. The highest BCUT2D eigenvalue weighted by atomic mass is 33.5. The summed E-state index contributed by atoms with van der Waals surface area (Å²) in [4.78, 5) is 0. The second-order valence-electron chi connectivity index (χ2n) is 4.97. The number of hydrogen-bond donors (Lipinski definition) is 0. The van der Waals surface area contributed by atoms with Crippen molar-refractivity contribution in [2.75, 3.05) is 0 Å². The van der Waals surface area contributed by atoms with Gasteiger partial charge in [-0.15, -0.1) is 152 Å². The summed E-state index contributed by atoms with van der Waals surface area (Å²) in [6.07, 6.45) is 0. The van der Waals surface area contributed by atoms with Gasteiger partial charge in [0.15, 0.2) is 0 Å². The number of hydrogen-bond acceptors (Lipinski definition) is 0. The molecular weight excluding hydrogens is 991 g/mol. The highest BCUT2D eigenvalue weighted by Crippen LogP contribution is 3.39. The molecule has 0 saturated heterocycles. The Morgan fingerprint density at radius 2 is 0.375 bits per heavy atom. The van der Waals surface area contributed by atoms with Crippen LogP contribution in [0, 0.1) is 0 Å². The largest absolute Gasteiger partial charge is 0.102 e. The fraction of sp³-hybridized carbons (Fsp3) is 0. The molecule has 0 amide bonds. The van der Waals surface area contributed by atoms with Crippen LogP contribution in [-0.4, -0.2) is 0 Å². The Labute approximate surface area is 253 Å². The molecule has 0 aromatic carbocycles. The predicted octanol–water partition coefficient (Wildman–Crippen LogP) is 18.5. The molecule has 0 nitrogen and oxygen atoms in total. The van der Waals surface area contributed by atoms with Gasteiger partial charge in [-0.25, -0.2) is 0 Å². The molecule has 0 aliphatic carbocycles. The minimum absolute atomic E-state index is 0.0135. The van der Waals surface area contributed by atoms with Crippen molar-refractivity contribution in [3.8, 4) is 0 Å². The summed E-state index contributed by atoms with van der Waals surface area (Å²) in [5.41, 5.74) is 0. The Balaban J connectivity index is 7.33. The van der Waals surface area contributed by atoms with E-state index in [2.05, 4.69) is 152 Å². The van der Waals surface area contributed by atoms with E-state index in [0.29, 0.717) is 0 Å². The SMILES string of the molecule is PP(P)P(P)P(P(P)P)P(P(P(P)P)P(P)P)P(P(P(P)P)P(P)P)P(P(P)P)P(P)P. The van der Waals surface area contributed by atoms with Crippen molar-refractivity contribution in [1.29, 1.82) is 0 Å². The molecule has 0 N–H and O–H groups in total. The number of rotatable bonds is 14. The van der Waals surface area contributed by atoms with Crippen molar-refractivity contribution in [2.45, 2.75) is 0 Å². The van der Waals surface area contributed by atoms with Crippen molar-refractivity contribution in [1.82, 2.24) is 0 Å². The zero-order chi connectivity index (χ0) is 25.7. The standard InChI is InChI=1S/H34P32/c1-18(2)26(17)30(25(15)16)32(29(23(11)12)24(13)14)31(27(19(3)4)20(5)6)28(21(7)8)22(9)10/h1-17H2. The summed E-state index contributed by atoms with van der Waals surface area (Å²) >= 11 is 0. The molecule has 0 aliphatic heterocycles. The van der Waals surface area contributed by atoms with E-state index in [9.17, 15) is 0 Å². The molecule has 20 unspecified atom stereocenters. The van der Waals surface area contributed by atoms with Gasteiger partial charge in [0.25, 0.3) is 0 Å². The van der Waals surface area contributed by atoms with Gasteiger partial charge in [0.2, 0.25) is 0 Å². The van der Waals surface area contributed by atoms with Crippen LogP contribution in [0.1, 0.15) is 0 Å². The Morgan fingerprint density at radius 3 is 0.531 bits per heavy atom. The molecular formula is H34P32. The molecule has 0 heterocycles. The van der Waals surface area contributed by atoms with Gasteiger partial charge in [0.1, 0.15) is 0 Å². The van der Waals surface area contributed by atoms with Crippen LogP contribution in [0.4, 0.5) is 0 Å². The molecule has 0 fully saturated rings. The minimum Gasteiger partial charge on any atom is -0.102 e. The lowest BCUT2D eigenvalue weighted by molar-refractivity contribution is 4.41. The maximum Gasteiger partial charge on any atom is -0.000302 e. The fourth-order valence-electron chi connectivity index (χ4n) is 1.71. The van der Waals surface area contributed by atoms with E-state index in [0.717, 1.165) is 0 Å². The molecule has 194 valence electrons. The zero-order valence-electron chi connectivity index (χ0n) is 16.5. The van der Waals surface area contributed by atoms with Crippen LogP contribution in [0.3, 0.4) is 0 Å². The van der Waals surface area contributed by atoms with E-state index in [4.69, 9.17) is 0 Å². The second-order valence-corrected chi connectivity index (χ2v) is 134. The Morgan fingerprint density at radius 1 is 0.188 bits per heavy atom. The first-order chi connectivity index (χ1) is 14.5. The summed E-state index contributed by atoms with van der Waals surface area (Å²) in [7, 11) is 56.3. The second kappa shape index (κ2) is 24.8. The fourth-order valence-corrected chi connectivity index (χ4v) is 416. The van der Waals surface area contributed by atoms with Crippen LogP contribution < -0.4 is 0 Å². The normalized spacial score (nSPS) is 16.8. The highest BCUT2D eigenvalue weighted by molar-refractivity contribution is 9.45. The maximum absolute atomic E-state index is 3.43. The van der Waals surface area contributed by atoms with Crippen LogP contribution in [0.15, 0.2) is 0 Å². The first-order valence-electron chi connectivity index (χ1n) is 7.19. The first-order valence-corrected chi connectivity index (χ1v) is 64.7. The van der Waals surface area contributed by atoms with Crippen LogP contribution >= 0.6 is 257 Å². The molecule has 0 aromatic rings. The summed E-state index contributed by atoms with van der Waals surface area (Å²) in [5.74, 6) is 0. The first kappa shape index (κ1) is 45.8. The van der Waals surface area contributed by atoms with Crippen molar-refractivity contribution < 1.29 is 0 Å². The average molecular weight is 1030 g/mol. The Bertz CT molecular complexity index is 434. The van der Waals surface area contributed by atoms with E-state index in [-0.39, 0.29) is 105 Å². The smallest absolute Gasteiger partial charge is 0.000302 e. The van der Waals surface area contributed by atoms with E-state index in [1.165, 1.54) is 0 Å². The van der Waals surface area contributed by atoms with Crippen LogP contribution in [0.2, 0.25) is 0 Å². The molecule has 0 aromatic heterocycles. The van der Waals surface area contributed by atoms with Crippen LogP contribution in [-0.2, 0) is 0 Å². The lowest BCUT2D eigenvalue weighted by Crippen LogP contribution is -1.65. The molecule has 32 heavy (non-hydrogen) atoms. The van der Waals surface area contributed by atoms with Crippen molar-refractivity contribution >= 4 is 257 Å². The van der Waals surface area contributed by atoms with Gasteiger partial charge in [-0.3, -0.25) is 0 Å². The lowest BCUT2D eigenvalue weighted by Gasteiger charge is -2.53. The van der Waals surface area contributed by atoms with Crippen molar-refractivity contribution in [3.05, 3.63) is 0 Å². The molecule has 0 aliphatic rings. The zero-order valence-corrected chi connectivity index (χ0v) is 49.6. The molecule has 0 saturated carbocycles. The lowest BCUT2D eigenvalue weighted by atomic mass is 28.5. The topological polar surface area (TPSA) is 0 Å². The summed E-state index contributed by atoms with van der Waals surface area (Å²) in [6.45, 7) is -0.495. The summed E-state index contributed by atoms with van der Waals surface area (Å²) in [6, 6.07) is 0. The monoisotopic (exact) mass is 1030 g/mol. The van der Waals surface area contributed by atoms with Gasteiger partial charge in [-0.2, -0.15) is 0 Å². The third-order valence-electron chi connectivity index (χ3n) is 2.67. The quantitative estimate of drug-likeness (QED) is 0.152. The van der Waals surface area contributed by atoms with E-state index < -0.39 is 0 Å². The molecule has 0 radical (unpaired) electrons. The van der Waals surface area contributed by atoms with Gasteiger partial charge in [-0.1, -0.05) is 0 Å². The molecule has 32 heteroatoms. The van der Waals surface area contributed by atoms with Crippen molar-refractivity contribution in [3.63, 3.8) is 0 Å². The average Bonchev–Trinajstić information content (AvgIpc) is 2.57. The molecule has 20 atom stereocenters. The Kier molecular flexibility index (Phi) is 35.5. The molecule has 0 spiro atoms. The van der Waals surface area contributed by atoms with Crippen LogP contribution in [0.25, 0.3) is 0 Å². The highest BCUT2D eigenvalue weighted by Gasteiger charge is 2.51. The van der Waals surface area contributed by atoms with E-state index in [1.807, 2.05) is 0 Å². The van der Waals surface area contributed by atoms with E-state index >= 15 is 0 Å². The summed E-state index contributed by atoms with van der Waals surface area (Å²) in [5, 5.41) is 0. The van der Waals surface area contributed by atoms with Gasteiger partial charge in [0, 0.05) is 0 Å². The minimum atomic E-state index is -0.0805. The predicted molar refractivity (Wildman–Crippen MR) is 269 cm³/mol. The van der Waals surface area contributed by atoms with Gasteiger partial charge in [-0.05, 0) is 105 Å². The maximum atomic E-state index is 3.43. The van der Waals surface area contributed by atoms with Crippen molar-refractivity contribution in [2.24, 2.45) is 0 Å². The third-order valence-corrected chi connectivity index (χ3v) is 216.